The summed E-state index contributed by atoms with van der Waals surface area (Å²) in [6.07, 6.45) is 18.4. The van der Waals surface area contributed by atoms with Crippen LogP contribution in [0, 0.1) is 0 Å². The van der Waals surface area contributed by atoms with Gasteiger partial charge in [-0.2, -0.15) is 0 Å². The number of aliphatic hydroxyl groups is 2. The molecule has 2 N–H and O–H groups in total. The first-order valence-corrected chi connectivity index (χ1v) is 10.6. The van der Waals surface area contributed by atoms with Crippen molar-refractivity contribution in [2.24, 2.45) is 0 Å². The Hall–Kier alpha value is 0.610. The van der Waals surface area contributed by atoms with Crippen LogP contribution < -0.4 is 0 Å². The number of hydrogen-bond donors (Lipinski definition) is 2. The molecule has 0 aliphatic heterocycles. The largest absolute Gasteiger partial charge is 0.391 e. The lowest BCUT2D eigenvalue weighted by Gasteiger charge is -2.31. The molecule has 0 bridgehead atoms. The van der Waals surface area contributed by atoms with Gasteiger partial charge in [-0.3, -0.25) is 0 Å². The fourth-order valence-electron chi connectivity index (χ4n) is 3.42. The molecule has 0 heterocycles. The van der Waals surface area contributed by atoms with Gasteiger partial charge in [0.1, 0.15) is 19.2 Å². The molecule has 0 amide bonds. The molecule has 154 valence electrons. The highest BCUT2D eigenvalue weighted by Gasteiger charge is 2.19. The van der Waals surface area contributed by atoms with E-state index in [4.69, 9.17) is 5.11 Å². The molecular formula is C21H47INO2+. The van der Waals surface area contributed by atoms with Crippen LogP contribution in [0.1, 0.15) is 96.8 Å². The summed E-state index contributed by atoms with van der Waals surface area (Å²) < 4.78 is 0.704. The van der Waals surface area contributed by atoms with Crippen LogP contribution in [0.15, 0.2) is 0 Å². The quantitative estimate of drug-likeness (QED) is 0.157. The zero-order chi connectivity index (χ0) is 18.1. The van der Waals surface area contributed by atoms with Gasteiger partial charge >= 0.3 is 0 Å². The van der Waals surface area contributed by atoms with Crippen molar-refractivity contribution in [3.8, 4) is 0 Å². The molecule has 4 heteroatoms. The van der Waals surface area contributed by atoms with Gasteiger partial charge in [-0.15, -0.1) is 24.0 Å². The summed E-state index contributed by atoms with van der Waals surface area (Å²) in [4.78, 5) is 0. The highest BCUT2D eigenvalue weighted by atomic mass is 127. The Labute approximate surface area is 175 Å². The Morgan fingerprint density at radius 2 is 1.12 bits per heavy atom. The van der Waals surface area contributed by atoms with E-state index in [1.165, 1.54) is 77.0 Å². The lowest BCUT2D eigenvalue weighted by molar-refractivity contribution is -0.893. The molecule has 3 nitrogen and oxygen atoms in total. The average Bonchev–Trinajstić information content (AvgIpc) is 2.51. The minimum Gasteiger partial charge on any atom is -0.391 e. The number of likely N-dealkylation sites (N-methyl/N-ethyl adjacent to an activating group) is 1. The normalized spacial score (nSPS) is 12.8. The van der Waals surface area contributed by atoms with E-state index >= 15 is 0 Å². The third-order valence-electron chi connectivity index (χ3n) is 5.05. The second-order valence-electron chi connectivity index (χ2n) is 8.25. The molecule has 0 aromatic heterocycles. The van der Waals surface area contributed by atoms with Crippen molar-refractivity contribution >= 4 is 24.0 Å². The van der Waals surface area contributed by atoms with E-state index in [0.717, 1.165) is 25.9 Å². The first-order chi connectivity index (χ1) is 11.5. The van der Waals surface area contributed by atoms with Gasteiger partial charge in [0.15, 0.2) is 0 Å². The minimum atomic E-state index is -0.223. The van der Waals surface area contributed by atoms with Crippen molar-refractivity contribution in [3.63, 3.8) is 0 Å². The molecule has 0 aromatic rings. The van der Waals surface area contributed by atoms with Crippen LogP contribution in [0.2, 0.25) is 0 Å². The number of rotatable bonds is 18. The van der Waals surface area contributed by atoms with Crippen molar-refractivity contribution in [3.05, 3.63) is 0 Å². The zero-order valence-electron chi connectivity index (χ0n) is 17.3. The molecule has 1 unspecified atom stereocenters. The van der Waals surface area contributed by atoms with E-state index in [1.807, 2.05) is 0 Å². The van der Waals surface area contributed by atoms with Crippen molar-refractivity contribution in [1.82, 2.24) is 0 Å². The van der Waals surface area contributed by atoms with Gasteiger partial charge in [0, 0.05) is 0 Å². The van der Waals surface area contributed by atoms with Crippen molar-refractivity contribution < 1.29 is 14.7 Å². The summed E-state index contributed by atoms with van der Waals surface area (Å²) in [7, 11) is 4.15. The summed E-state index contributed by atoms with van der Waals surface area (Å²) in [6, 6.07) is 0. The Bertz CT molecular complexity index is 262. The molecule has 0 saturated carbocycles. The Morgan fingerprint density at radius 3 is 1.52 bits per heavy atom. The van der Waals surface area contributed by atoms with Gasteiger partial charge in [0.2, 0.25) is 0 Å². The van der Waals surface area contributed by atoms with Gasteiger partial charge in [-0.05, 0) is 6.42 Å². The minimum absolute atomic E-state index is 0. The first-order valence-electron chi connectivity index (χ1n) is 10.6. The van der Waals surface area contributed by atoms with Crippen molar-refractivity contribution in [2.75, 3.05) is 33.8 Å². The van der Waals surface area contributed by atoms with E-state index in [0.29, 0.717) is 4.48 Å². The summed E-state index contributed by atoms with van der Waals surface area (Å²) >= 11 is 0. The maximum Gasteiger partial charge on any atom is 0.105 e. The summed E-state index contributed by atoms with van der Waals surface area (Å²) in [5.74, 6) is 0. The number of aliphatic hydroxyl groups excluding tert-OH is 2. The number of hydrogen-bond acceptors (Lipinski definition) is 2. The monoisotopic (exact) mass is 472 g/mol. The maximum atomic E-state index is 10.1. The fraction of sp³-hybridized carbons (Fsp3) is 1.00. The molecule has 0 aliphatic rings. The third kappa shape index (κ3) is 20.8. The average molecular weight is 473 g/mol. The molecule has 0 aliphatic carbocycles. The van der Waals surface area contributed by atoms with E-state index in [9.17, 15) is 5.11 Å². The van der Waals surface area contributed by atoms with E-state index in [1.54, 1.807) is 0 Å². The Kier molecular flexibility index (Phi) is 21.6. The maximum absolute atomic E-state index is 10.1. The first kappa shape index (κ1) is 27.8. The van der Waals surface area contributed by atoms with Crippen LogP contribution in [0.25, 0.3) is 0 Å². The van der Waals surface area contributed by atoms with E-state index < -0.39 is 0 Å². The second kappa shape index (κ2) is 19.4. The van der Waals surface area contributed by atoms with Crippen LogP contribution in [0.5, 0.6) is 0 Å². The lowest BCUT2D eigenvalue weighted by Crippen LogP contribution is -2.47. The van der Waals surface area contributed by atoms with Crippen LogP contribution in [-0.2, 0) is 0 Å². The third-order valence-corrected chi connectivity index (χ3v) is 5.05. The Balaban J connectivity index is 0. The van der Waals surface area contributed by atoms with Crippen LogP contribution >= 0.6 is 24.0 Å². The number of quaternary nitrogens is 1. The topological polar surface area (TPSA) is 40.5 Å². The zero-order valence-corrected chi connectivity index (χ0v) is 19.7. The van der Waals surface area contributed by atoms with Gasteiger partial charge in [-0.1, -0.05) is 90.4 Å². The molecule has 0 spiro atoms. The molecule has 0 radical (unpaired) electrons. The summed E-state index contributed by atoms with van der Waals surface area (Å²) in [5.41, 5.74) is 0. The van der Waals surface area contributed by atoms with Crippen molar-refractivity contribution in [1.29, 1.82) is 0 Å². The smallest absolute Gasteiger partial charge is 0.105 e. The lowest BCUT2D eigenvalue weighted by atomic mass is 10.0. The second-order valence-corrected chi connectivity index (χ2v) is 8.25. The molecule has 0 rings (SSSR count). The van der Waals surface area contributed by atoms with Crippen molar-refractivity contribution in [2.45, 2.75) is 103 Å². The van der Waals surface area contributed by atoms with E-state index in [2.05, 4.69) is 21.0 Å². The molecule has 25 heavy (non-hydrogen) atoms. The molecule has 0 aromatic carbocycles. The predicted octanol–water partition coefficient (Wildman–Crippen LogP) is 5.52. The highest BCUT2D eigenvalue weighted by Crippen LogP contribution is 2.14. The SMILES string of the molecule is CCCCCCCCCCCCCCCC(O)C[N+](C)(C)CCO.I. The Morgan fingerprint density at radius 1 is 0.720 bits per heavy atom. The number of unbranched alkanes of at least 4 members (excludes halogenated alkanes) is 12. The molecule has 0 fully saturated rings. The van der Waals surface area contributed by atoms with Crippen LogP contribution in [-0.4, -0.2) is 54.6 Å². The van der Waals surface area contributed by atoms with Gasteiger partial charge in [0.25, 0.3) is 0 Å². The number of nitrogens with zero attached hydrogens (tertiary/aromatic N) is 1. The fourth-order valence-corrected chi connectivity index (χ4v) is 3.42. The molecule has 0 saturated heterocycles. The number of halogens is 1. The summed E-state index contributed by atoms with van der Waals surface area (Å²) in [5, 5.41) is 19.1. The highest BCUT2D eigenvalue weighted by molar-refractivity contribution is 14.0. The predicted molar refractivity (Wildman–Crippen MR) is 121 cm³/mol. The van der Waals surface area contributed by atoms with Crippen LogP contribution in [0.4, 0.5) is 0 Å². The molecule has 1 atom stereocenters. The molecular weight excluding hydrogens is 425 g/mol. The van der Waals surface area contributed by atoms with Gasteiger partial charge in [-0.25, -0.2) is 0 Å². The van der Waals surface area contributed by atoms with E-state index in [-0.39, 0.29) is 36.7 Å². The van der Waals surface area contributed by atoms with Gasteiger partial charge < -0.3 is 14.7 Å². The standard InChI is InChI=1S/C21H46NO2.HI/c1-4-5-6-7-8-9-10-11-12-13-14-15-16-17-21(24)20-22(2,3)18-19-23;/h21,23-24H,4-20H2,1-3H3;1H/q+1;. The van der Waals surface area contributed by atoms with Crippen LogP contribution in [0.3, 0.4) is 0 Å². The van der Waals surface area contributed by atoms with Gasteiger partial charge in [0.05, 0.1) is 20.7 Å². The summed E-state index contributed by atoms with van der Waals surface area (Å²) in [6.45, 7) is 3.94.